The van der Waals surface area contributed by atoms with Crippen molar-refractivity contribution >= 4 is 0 Å². The zero-order valence-electron chi connectivity index (χ0n) is 14.4. The van der Waals surface area contributed by atoms with Crippen LogP contribution >= 0.6 is 0 Å². The highest BCUT2D eigenvalue weighted by atomic mass is 16.3. The molecule has 0 aromatic heterocycles. The van der Waals surface area contributed by atoms with Gasteiger partial charge in [0.25, 0.3) is 0 Å². The Bertz CT molecular complexity index is 304. The van der Waals surface area contributed by atoms with Crippen LogP contribution in [0.3, 0.4) is 0 Å². The third-order valence-electron chi connectivity index (χ3n) is 5.75. The van der Waals surface area contributed by atoms with Crippen molar-refractivity contribution in [3.8, 4) is 0 Å². The number of aliphatic hydroxyl groups is 1. The van der Waals surface area contributed by atoms with Gasteiger partial charge in [-0.3, -0.25) is 4.90 Å². The van der Waals surface area contributed by atoms with E-state index in [0.29, 0.717) is 6.04 Å². The van der Waals surface area contributed by atoms with Gasteiger partial charge in [0.05, 0.1) is 6.61 Å². The molecule has 0 aromatic rings. The molecule has 1 aliphatic carbocycles. The molecular weight excluding hydrogens is 260 g/mol. The lowest BCUT2D eigenvalue weighted by Crippen LogP contribution is -2.52. The van der Waals surface area contributed by atoms with Gasteiger partial charge in [-0.2, -0.15) is 0 Å². The third-order valence-corrected chi connectivity index (χ3v) is 5.75. The maximum atomic E-state index is 9.80. The van der Waals surface area contributed by atoms with E-state index in [0.717, 1.165) is 31.3 Å². The van der Waals surface area contributed by atoms with Crippen LogP contribution in [-0.4, -0.2) is 47.3 Å². The van der Waals surface area contributed by atoms with Crippen LogP contribution in [0.25, 0.3) is 0 Å². The lowest BCUT2D eigenvalue weighted by molar-refractivity contribution is 0.0902. The van der Waals surface area contributed by atoms with E-state index in [9.17, 15) is 5.11 Å². The van der Waals surface area contributed by atoms with Crippen LogP contribution in [0.4, 0.5) is 0 Å². The van der Waals surface area contributed by atoms with Gasteiger partial charge in [0.1, 0.15) is 0 Å². The Kier molecular flexibility index (Phi) is 6.51. The first kappa shape index (κ1) is 17.2. The fraction of sp³-hybridized carbons (Fsp3) is 1.00. The van der Waals surface area contributed by atoms with Crippen molar-refractivity contribution < 1.29 is 5.11 Å². The van der Waals surface area contributed by atoms with Gasteiger partial charge >= 0.3 is 0 Å². The van der Waals surface area contributed by atoms with E-state index in [1.807, 2.05) is 0 Å². The summed E-state index contributed by atoms with van der Waals surface area (Å²) < 4.78 is 0. The molecule has 124 valence electrons. The Morgan fingerprint density at radius 2 is 1.95 bits per heavy atom. The van der Waals surface area contributed by atoms with Crippen LogP contribution in [0.1, 0.15) is 72.1 Å². The van der Waals surface area contributed by atoms with Crippen LogP contribution in [-0.2, 0) is 0 Å². The first-order valence-corrected chi connectivity index (χ1v) is 9.21. The fourth-order valence-electron chi connectivity index (χ4n) is 4.60. The van der Waals surface area contributed by atoms with Gasteiger partial charge in [-0.1, -0.05) is 19.8 Å². The van der Waals surface area contributed by atoms with Crippen molar-refractivity contribution in [2.75, 3.05) is 19.7 Å². The molecule has 21 heavy (non-hydrogen) atoms. The maximum absolute atomic E-state index is 9.80. The monoisotopic (exact) mass is 296 g/mol. The largest absolute Gasteiger partial charge is 0.394 e. The van der Waals surface area contributed by atoms with E-state index in [-0.39, 0.29) is 12.1 Å². The number of nitrogens with one attached hydrogen (secondary N) is 1. The van der Waals surface area contributed by atoms with Crippen molar-refractivity contribution in [1.29, 1.82) is 0 Å². The van der Waals surface area contributed by atoms with E-state index < -0.39 is 0 Å². The molecule has 1 aliphatic heterocycles. The first-order valence-electron chi connectivity index (χ1n) is 9.21. The molecule has 3 heteroatoms. The third kappa shape index (κ3) is 4.43. The molecular formula is C18H36N2O. The van der Waals surface area contributed by atoms with Crippen molar-refractivity contribution in [3.05, 3.63) is 0 Å². The Labute approximate surface area is 131 Å². The topological polar surface area (TPSA) is 35.5 Å². The summed E-state index contributed by atoms with van der Waals surface area (Å²) in [6.07, 6.45) is 10.7. The Balaban J connectivity index is 1.92. The van der Waals surface area contributed by atoms with Crippen LogP contribution in [0.15, 0.2) is 0 Å². The fourth-order valence-corrected chi connectivity index (χ4v) is 4.60. The summed E-state index contributed by atoms with van der Waals surface area (Å²) in [5.74, 6) is 0.943. The van der Waals surface area contributed by atoms with Crippen molar-refractivity contribution in [2.24, 2.45) is 5.92 Å². The number of rotatable bonds is 8. The average molecular weight is 296 g/mol. The highest BCUT2D eigenvalue weighted by molar-refractivity contribution is 4.93. The second-order valence-electron chi connectivity index (χ2n) is 7.69. The van der Waals surface area contributed by atoms with Gasteiger partial charge in [-0.15, -0.1) is 0 Å². The summed E-state index contributed by atoms with van der Waals surface area (Å²) in [5.41, 5.74) is -0.127. The molecule has 2 N–H and O–H groups in total. The van der Waals surface area contributed by atoms with Gasteiger partial charge in [0, 0.05) is 17.6 Å². The molecule has 0 radical (unpaired) electrons. The standard InChI is InChI=1S/C18H36N2O/c1-4-11-19-18(3,14-21)13-15(2)20-12-7-10-17(20)16-8-5-6-9-16/h15-17,19,21H,4-14H2,1-3H3. The summed E-state index contributed by atoms with van der Waals surface area (Å²) in [7, 11) is 0. The minimum absolute atomic E-state index is 0.127. The molecule has 1 heterocycles. The second-order valence-corrected chi connectivity index (χ2v) is 7.69. The molecule has 1 saturated carbocycles. The summed E-state index contributed by atoms with van der Waals surface area (Å²) in [6.45, 7) is 9.23. The lowest BCUT2D eigenvalue weighted by atomic mass is 9.90. The molecule has 0 aromatic carbocycles. The van der Waals surface area contributed by atoms with Gasteiger partial charge in [0.2, 0.25) is 0 Å². The van der Waals surface area contributed by atoms with Gasteiger partial charge in [0.15, 0.2) is 0 Å². The van der Waals surface area contributed by atoms with E-state index in [1.54, 1.807) is 0 Å². The smallest absolute Gasteiger partial charge is 0.0611 e. The molecule has 3 atom stereocenters. The van der Waals surface area contributed by atoms with Gasteiger partial charge in [-0.05, 0) is 71.4 Å². The van der Waals surface area contributed by atoms with E-state index in [1.165, 1.54) is 45.1 Å². The summed E-state index contributed by atoms with van der Waals surface area (Å²) in [4.78, 5) is 2.76. The van der Waals surface area contributed by atoms with Gasteiger partial charge in [-0.25, -0.2) is 0 Å². The van der Waals surface area contributed by atoms with E-state index in [2.05, 4.69) is 31.0 Å². The molecule has 2 fully saturated rings. The zero-order valence-corrected chi connectivity index (χ0v) is 14.4. The highest BCUT2D eigenvalue weighted by Gasteiger charge is 2.37. The summed E-state index contributed by atoms with van der Waals surface area (Å²) in [6, 6.07) is 1.39. The minimum atomic E-state index is -0.127. The molecule has 3 unspecified atom stereocenters. The highest BCUT2D eigenvalue weighted by Crippen LogP contribution is 2.37. The SMILES string of the molecule is CCCNC(C)(CO)CC(C)N1CCCC1C1CCCC1. The molecule has 0 bridgehead atoms. The van der Waals surface area contributed by atoms with Crippen LogP contribution in [0.5, 0.6) is 0 Å². The summed E-state index contributed by atoms with van der Waals surface area (Å²) >= 11 is 0. The second kappa shape index (κ2) is 7.94. The van der Waals surface area contributed by atoms with Crippen molar-refractivity contribution in [3.63, 3.8) is 0 Å². The Morgan fingerprint density at radius 1 is 1.24 bits per heavy atom. The number of hydrogen-bond acceptors (Lipinski definition) is 3. The minimum Gasteiger partial charge on any atom is -0.394 e. The lowest BCUT2D eigenvalue weighted by Gasteiger charge is -2.39. The first-order chi connectivity index (χ1) is 10.1. The summed E-state index contributed by atoms with van der Waals surface area (Å²) in [5, 5.41) is 13.4. The van der Waals surface area contributed by atoms with Crippen molar-refractivity contribution in [1.82, 2.24) is 10.2 Å². The number of hydrogen-bond donors (Lipinski definition) is 2. The predicted molar refractivity (Wildman–Crippen MR) is 89.5 cm³/mol. The molecule has 0 amide bonds. The van der Waals surface area contributed by atoms with Crippen LogP contribution in [0.2, 0.25) is 0 Å². The van der Waals surface area contributed by atoms with E-state index in [4.69, 9.17) is 0 Å². The average Bonchev–Trinajstić information content (AvgIpc) is 3.14. The Hall–Kier alpha value is -0.120. The van der Waals surface area contributed by atoms with Crippen LogP contribution in [0, 0.1) is 5.92 Å². The quantitative estimate of drug-likeness (QED) is 0.722. The maximum Gasteiger partial charge on any atom is 0.0611 e. The van der Waals surface area contributed by atoms with E-state index >= 15 is 0 Å². The van der Waals surface area contributed by atoms with Crippen LogP contribution < -0.4 is 5.32 Å². The molecule has 2 rings (SSSR count). The van der Waals surface area contributed by atoms with Crippen molar-refractivity contribution in [2.45, 2.75) is 89.8 Å². The van der Waals surface area contributed by atoms with Gasteiger partial charge < -0.3 is 10.4 Å². The molecule has 3 nitrogen and oxygen atoms in total. The zero-order chi connectivity index (χ0) is 15.3. The number of likely N-dealkylation sites (tertiary alicyclic amines) is 1. The number of nitrogens with zero attached hydrogens (tertiary/aromatic N) is 1. The number of aliphatic hydroxyl groups excluding tert-OH is 1. The molecule has 0 spiro atoms. The normalized spacial score (nSPS) is 28.9. The molecule has 1 saturated heterocycles. The molecule has 2 aliphatic rings. The Morgan fingerprint density at radius 3 is 2.57 bits per heavy atom. The predicted octanol–water partition coefficient (Wildman–Crippen LogP) is 3.17.